The number of aromatic nitrogens is 2. The van der Waals surface area contributed by atoms with Gasteiger partial charge >= 0.3 is 0 Å². The van der Waals surface area contributed by atoms with Crippen LogP contribution in [0.1, 0.15) is 25.5 Å². The lowest BCUT2D eigenvalue weighted by Crippen LogP contribution is -2.22. The van der Waals surface area contributed by atoms with E-state index in [1.165, 1.54) is 0 Å². The van der Waals surface area contributed by atoms with E-state index >= 15 is 0 Å². The molecule has 102 valence electrons. The molecule has 0 fully saturated rings. The highest BCUT2D eigenvalue weighted by Gasteiger charge is 2.18. The van der Waals surface area contributed by atoms with Gasteiger partial charge in [0, 0.05) is 19.3 Å². The molecule has 2 aromatic rings. The Morgan fingerprint density at radius 3 is 2.47 bits per heavy atom. The predicted octanol–water partition coefficient (Wildman–Crippen LogP) is 3.25. The topological polar surface area (TPSA) is 47.1 Å². The monoisotopic (exact) mass is 258 g/mol. The lowest BCUT2D eigenvalue weighted by molar-refractivity contribution is 0.716. The average Bonchev–Trinajstić information content (AvgIpc) is 2.67. The molecule has 1 aromatic heterocycles. The first-order chi connectivity index (χ1) is 9.15. The van der Waals surface area contributed by atoms with Gasteiger partial charge in [-0.05, 0) is 25.5 Å². The third kappa shape index (κ3) is 2.72. The van der Waals surface area contributed by atoms with Gasteiger partial charge in [-0.1, -0.05) is 31.5 Å². The van der Waals surface area contributed by atoms with Crippen LogP contribution >= 0.6 is 0 Å². The van der Waals surface area contributed by atoms with E-state index in [1.807, 2.05) is 36.9 Å². The molecule has 0 spiro atoms. The Balaban J connectivity index is 2.43. The molecule has 1 aromatic carbocycles. The van der Waals surface area contributed by atoms with E-state index in [0.29, 0.717) is 0 Å². The summed E-state index contributed by atoms with van der Waals surface area (Å²) in [5.41, 5.74) is 9.00. The number of unbranched alkanes of at least 4 members (excludes halogenated alkanes) is 1. The number of nitrogen functional groups attached to an aromatic ring is 1. The van der Waals surface area contributed by atoms with E-state index < -0.39 is 0 Å². The lowest BCUT2D eigenvalue weighted by atomic mass is 10.2. The molecule has 0 unspecified atom stereocenters. The Hall–Kier alpha value is -1.97. The summed E-state index contributed by atoms with van der Waals surface area (Å²) >= 11 is 0. The van der Waals surface area contributed by atoms with Crippen molar-refractivity contribution in [1.29, 1.82) is 0 Å². The Labute approximate surface area is 114 Å². The highest BCUT2D eigenvalue weighted by molar-refractivity contribution is 5.73. The number of rotatable bonds is 5. The Morgan fingerprint density at radius 2 is 1.95 bits per heavy atom. The summed E-state index contributed by atoms with van der Waals surface area (Å²) in [6.07, 6.45) is 2.28. The van der Waals surface area contributed by atoms with Gasteiger partial charge in [0.2, 0.25) is 0 Å². The molecule has 0 bridgehead atoms. The van der Waals surface area contributed by atoms with Crippen molar-refractivity contribution < 1.29 is 0 Å². The summed E-state index contributed by atoms with van der Waals surface area (Å²) in [7, 11) is 1.95. The van der Waals surface area contributed by atoms with Gasteiger partial charge in [0.1, 0.15) is 0 Å². The standard InChI is InChI=1S/C15H22N4/c1-4-5-11-19(13-9-7-6-8-10-13)15-14(16)12(2)17-18(15)3/h6-10H,4-5,11,16H2,1-3H3. The third-order valence-electron chi connectivity index (χ3n) is 3.30. The Morgan fingerprint density at radius 1 is 1.26 bits per heavy atom. The number of para-hydroxylation sites is 1. The maximum Gasteiger partial charge on any atom is 0.154 e. The quantitative estimate of drug-likeness (QED) is 0.895. The van der Waals surface area contributed by atoms with Gasteiger partial charge < -0.3 is 10.6 Å². The molecule has 19 heavy (non-hydrogen) atoms. The second kappa shape index (κ2) is 5.78. The van der Waals surface area contributed by atoms with E-state index in [0.717, 1.165) is 42.3 Å². The fraction of sp³-hybridized carbons (Fsp3) is 0.400. The second-order valence-electron chi connectivity index (χ2n) is 4.79. The summed E-state index contributed by atoms with van der Waals surface area (Å²) in [4.78, 5) is 2.25. The summed E-state index contributed by atoms with van der Waals surface area (Å²) in [6, 6.07) is 10.3. The first-order valence-electron chi connectivity index (χ1n) is 6.76. The predicted molar refractivity (Wildman–Crippen MR) is 80.7 cm³/mol. The number of benzene rings is 1. The van der Waals surface area contributed by atoms with Crippen LogP contribution in [0.3, 0.4) is 0 Å². The van der Waals surface area contributed by atoms with Crippen molar-refractivity contribution in [2.75, 3.05) is 17.2 Å². The number of aryl methyl sites for hydroxylation is 2. The van der Waals surface area contributed by atoms with Gasteiger partial charge in [0.05, 0.1) is 11.4 Å². The van der Waals surface area contributed by atoms with Gasteiger partial charge in [-0.3, -0.25) is 4.68 Å². The minimum atomic E-state index is 0.766. The summed E-state index contributed by atoms with van der Waals surface area (Å²) in [5.74, 6) is 0.983. The van der Waals surface area contributed by atoms with Gasteiger partial charge in [-0.2, -0.15) is 5.10 Å². The largest absolute Gasteiger partial charge is 0.394 e. The second-order valence-corrected chi connectivity index (χ2v) is 4.79. The van der Waals surface area contributed by atoms with Crippen LogP contribution in [0.4, 0.5) is 17.2 Å². The van der Waals surface area contributed by atoms with Crippen LogP contribution in [-0.4, -0.2) is 16.3 Å². The molecule has 0 amide bonds. The molecule has 0 atom stereocenters. The van der Waals surface area contributed by atoms with Gasteiger partial charge in [0.15, 0.2) is 5.82 Å². The number of anilines is 3. The average molecular weight is 258 g/mol. The molecule has 2 rings (SSSR count). The normalized spacial score (nSPS) is 10.7. The van der Waals surface area contributed by atoms with Crippen LogP contribution in [0.5, 0.6) is 0 Å². The number of nitrogens with two attached hydrogens (primary N) is 1. The van der Waals surface area contributed by atoms with Crippen molar-refractivity contribution in [2.24, 2.45) is 7.05 Å². The molecule has 0 saturated carbocycles. The first kappa shape index (κ1) is 13.5. The number of nitrogens with zero attached hydrogens (tertiary/aromatic N) is 3. The minimum absolute atomic E-state index is 0.766. The van der Waals surface area contributed by atoms with E-state index in [4.69, 9.17) is 5.73 Å². The van der Waals surface area contributed by atoms with Crippen molar-refractivity contribution in [3.8, 4) is 0 Å². The van der Waals surface area contributed by atoms with Gasteiger partial charge in [-0.25, -0.2) is 0 Å². The van der Waals surface area contributed by atoms with Crippen LogP contribution in [0.2, 0.25) is 0 Å². The fourth-order valence-corrected chi connectivity index (χ4v) is 2.26. The molecule has 0 saturated heterocycles. The summed E-state index contributed by atoms with van der Waals surface area (Å²) in [5, 5.41) is 4.42. The third-order valence-corrected chi connectivity index (χ3v) is 3.30. The van der Waals surface area contributed by atoms with E-state index in [1.54, 1.807) is 0 Å². The highest BCUT2D eigenvalue weighted by Crippen LogP contribution is 2.32. The molecule has 1 heterocycles. The highest BCUT2D eigenvalue weighted by atomic mass is 15.4. The van der Waals surface area contributed by atoms with Crippen molar-refractivity contribution in [3.05, 3.63) is 36.0 Å². The molecule has 4 nitrogen and oxygen atoms in total. The molecule has 0 aliphatic rings. The van der Waals surface area contributed by atoms with E-state index in [9.17, 15) is 0 Å². The van der Waals surface area contributed by atoms with Crippen molar-refractivity contribution in [2.45, 2.75) is 26.7 Å². The smallest absolute Gasteiger partial charge is 0.154 e. The maximum atomic E-state index is 6.19. The SMILES string of the molecule is CCCCN(c1ccccc1)c1c(N)c(C)nn1C. The fourth-order valence-electron chi connectivity index (χ4n) is 2.26. The molecule has 0 aliphatic heterocycles. The molecular weight excluding hydrogens is 236 g/mol. The van der Waals surface area contributed by atoms with Crippen LogP contribution in [0.15, 0.2) is 30.3 Å². The number of hydrogen-bond donors (Lipinski definition) is 1. The zero-order valence-electron chi connectivity index (χ0n) is 11.9. The van der Waals surface area contributed by atoms with Crippen molar-refractivity contribution in [3.63, 3.8) is 0 Å². The van der Waals surface area contributed by atoms with Crippen LogP contribution in [-0.2, 0) is 7.05 Å². The summed E-state index contributed by atoms with van der Waals surface area (Å²) < 4.78 is 1.87. The molecule has 0 radical (unpaired) electrons. The van der Waals surface area contributed by atoms with Gasteiger partial charge in [0.25, 0.3) is 0 Å². The van der Waals surface area contributed by atoms with Crippen LogP contribution in [0.25, 0.3) is 0 Å². The molecule has 4 heteroatoms. The first-order valence-corrected chi connectivity index (χ1v) is 6.76. The van der Waals surface area contributed by atoms with Crippen LogP contribution in [0, 0.1) is 6.92 Å². The van der Waals surface area contributed by atoms with E-state index in [2.05, 4.69) is 29.1 Å². The Bertz CT molecular complexity index is 531. The molecule has 2 N–H and O–H groups in total. The minimum Gasteiger partial charge on any atom is -0.394 e. The number of hydrogen-bond acceptors (Lipinski definition) is 3. The summed E-state index contributed by atoms with van der Waals surface area (Å²) in [6.45, 7) is 5.09. The van der Waals surface area contributed by atoms with Crippen molar-refractivity contribution >= 4 is 17.2 Å². The Kier molecular flexibility index (Phi) is 4.10. The maximum absolute atomic E-state index is 6.19. The zero-order valence-corrected chi connectivity index (χ0v) is 11.9. The van der Waals surface area contributed by atoms with E-state index in [-0.39, 0.29) is 0 Å². The lowest BCUT2D eigenvalue weighted by Gasteiger charge is -2.25. The molecule has 0 aliphatic carbocycles. The molecular formula is C15H22N4. The van der Waals surface area contributed by atoms with Gasteiger partial charge in [-0.15, -0.1) is 0 Å². The zero-order chi connectivity index (χ0) is 13.8. The van der Waals surface area contributed by atoms with Crippen molar-refractivity contribution in [1.82, 2.24) is 9.78 Å². The van der Waals surface area contributed by atoms with Crippen LogP contribution < -0.4 is 10.6 Å².